The Morgan fingerprint density at radius 2 is 1.90 bits per heavy atom. The molecule has 0 amide bonds. The summed E-state index contributed by atoms with van der Waals surface area (Å²) in [4.78, 5) is 23.5. The van der Waals surface area contributed by atoms with Crippen molar-refractivity contribution in [2.24, 2.45) is 5.92 Å². The third kappa shape index (κ3) is 3.34. The number of anilines is 1. The van der Waals surface area contributed by atoms with Crippen molar-refractivity contribution in [3.8, 4) is 0 Å². The van der Waals surface area contributed by atoms with E-state index in [4.69, 9.17) is 5.11 Å². The number of carbonyl (C=O) groups is 2. The lowest BCUT2D eigenvalue weighted by Crippen LogP contribution is -2.37. The first kappa shape index (κ1) is 15.3. The number of nitrogens with zero attached hydrogens (tertiary/aromatic N) is 1. The van der Waals surface area contributed by atoms with Gasteiger partial charge in [-0.15, -0.1) is 0 Å². The largest absolute Gasteiger partial charge is 0.481 e. The van der Waals surface area contributed by atoms with Gasteiger partial charge in [-0.25, -0.2) is 0 Å². The summed E-state index contributed by atoms with van der Waals surface area (Å²) < 4.78 is 38.3. The Hall–Kier alpha value is -2.05. The van der Waals surface area contributed by atoms with Gasteiger partial charge in [0.15, 0.2) is 6.29 Å². The number of carboxylic acid groups (broad SMARTS) is 1. The van der Waals surface area contributed by atoms with E-state index in [0.29, 0.717) is 32.2 Å². The van der Waals surface area contributed by atoms with Gasteiger partial charge in [-0.2, -0.15) is 13.2 Å². The molecule has 1 heterocycles. The number of halogens is 3. The zero-order valence-electron chi connectivity index (χ0n) is 11.1. The molecule has 1 aliphatic rings. The second-order valence-corrected chi connectivity index (χ2v) is 4.99. The number of aldehydes is 1. The molecule has 0 bridgehead atoms. The Morgan fingerprint density at radius 3 is 2.38 bits per heavy atom. The smallest absolute Gasteiger partial charge is 0.416 e. The molecule has 0 saturated carbocycles. The highest BCUT2D eigenvalue weighted by Crippen LogP contribution is 2.34. The van der Waals surface area contributed by atoms with Crippen LogP contribution in [0.25, 0.3) is 0 Å². The maximum Gasteiger partial charge on any atom is 0.416 e. The first-order valence-electron chi connectivity index (χ1n) is 6.47. The van der Waals surface area contributed by atoms with Crippen LogP contribution in [0.4, 0.5) is 18.9 Å². The number of alkyl halides is 3. The number of hydrogen-bond acceptors (Lipinski definition) is 3. The van der Waals surface area contributed by atoms with Crippen LogP contribution in [0.15, 0.2) is 18.2 Å². The quantitative estimate of drug-likeness (QED) is 0.872. The molecule has 1 N–H and O–H groups in total. The lowest BCUT2D eigenvalue weighted by molar-refractivity contribution is -0.142. The van der Waals surface area contributed by atoms with Gasteiger partial charge in [0.2, 0.25) is 0 Å². The number of carboxylic acids is 1. The lowest BCUT2D eigenvalue weighted by atomic mass is 9.96. The molecule has 1 aromatic carbocycles. The lowest BCUT2D eigenvalue weighted by Gasteiger charge is -2.33. The van der Waals surface area contributed by atoms with E-state index in [1.807, 2.05) is 0 Å². The van der Waals surface area contributed by atoms with Crippen molar-refractivity contribution in [1.29, 1.82) is 0 Å². The zero-order chi connectivity index (χ0) is 15.6. The SMILES string of the molecule is O=Cc1ccc(C(F)(F)F)cc1N1CCC(C(=O)O)CC1. The van der Waals surface area contributed by atoms with Crippen molar-refractivity contribution in [2.75, 3.05) is 18.0 Å². The predicted octanol–water partition coefficient (Wildman–Crippen LogP) is 2.82. The molecule has 114 valence electrons. The minimum absolute atomic E-state index is 0.178. The molecule has 21 heavy (non-hydrogen) atoms. The molecule has 0 atom stereocenters. The highest BCUT2D eigenvalue weighted by atomic mass is 19.4. The summed E-state index contributed by atoms with van der Waals surface area (Å²) in [6.45, 7) is 0.637. The van der Waals surface area contributed by atoms with Crippen molar-refractivity contribution < 1.29 is 27.9 Å². The van der Waals surface area contributed by atoms with Crippen molar-refractivity contribution >= 4 is 17.9 Å². The molecule has 0 radical (unpaired) electrons. The second kappa shape index (κ2) is 5.75. The summed E-state index contributed by atoms with van der Waals surface area (Å²) in [5.74, 6) is -1.37. The minimum atomic E-state index is -4.48. The molecule has 1 saturated heterocycles. The van der Waals surface area contributed by atoms with Crippen LogP contribution in [0.2, 0.25) is 0 Å². The van der Waals surface area contributed by atoms with Crippen LogP contribution in [0.1, 0.15) is 28.8 Å². The highest BCUT2D eigenvalue weighted by molar-refractivity contribution is 5.85. The van der Waals surface area contributed by atoms with Gasteiger partial charge in [-0.1, -0.05) is 0 Å². The first-order valence-corrected chi connectivity index (χ1v) is 6.47. The van der Waals surface area contributed by atoms with Crippen LogP contribution in [-0.4, -0.2) is 30.5 Å². The van der Waals surface area contributed by atoms with Gasteiger partial charge in [-0.3, -0.25) is 9.59 Å². The minimum Gasteiger partial charge on any atom is -0.481 e. The van der Waals surface area contributed by atoms with Crippen LogP contribution in [0.3, 0.4) is 0 Å². The Morgan fingerprint density at radius 1 is 1.29 bits per heavy atom. The summed E-state index contributed by atoms with van der Waals surface area (Å²) in [7, 11) is 0. The molecular formula is C14H14F3NO3. The molecule has 0 aromatic heterocycles. The fourth-order valence-corrected chi connectivity index (χ4v) is 2.46. The van der Waals surface area contributed by atoms with Crippen LogP contribution in [0, 0.1) is 5.92 Å². The maximum atomic E-state index is 12.8. The average molecular weight is 301 g/mol. The number of carbonyl (C=O) groups excluding carboxylic acids is 1. The maximum absolute atomic E-state index is 12.8. The monoisotopic (exact) mass is 301 g/mol. The van der Waals surface area contributed by atoms with E-state index in [1.165, 1.54) is 0 Å². The van der Waals surface area contributed by atoms with E-state index in [9.17, 15) is 22.8 Å². The zero-order valence-corrected chi connectivity index (χ0v) is 11.1. The first-order chi connectivity index (χ1) is 9.82. The summed E-state index contributed by atoms with van der Waals surface area (Å²) in [5.41, 5.74) is -0.427. The highest BCUT2D eigenvalue weighted by Gasteiger charge is 2.32. The standard InChI is InChI=1S/C14H14F3NO3/c15-14(16,17)11-2-1-10(8-19)12(7-11)18-5-3-9(4-6-18)13(20)21/h1-2,7-9H,3-6H2,(H,20,21). The van der Waals surface area contributed by atoms with Gasteiger partial charge in [-0.05, 0) is 31.0 Å². The molecule has 7 heteroatoms. The Balaban J connectivity index is 2.26. The molecule has 2 rings (SSSR count). The Bertz CT molecular complexity index is 549. The van der Waals surface area contributed by atoms with Gasteiger partial charge in [0.1, 0.15) is 0 Å². The molecule has 0 aliphatic carbocycles. The van der Waals surface area contributed by atoms with Crippen LogP contribution in [0.5, 0.6) is 0 Å². The molecule has 0 spiro atoms. The number of piperidine rings is 1. The van der Waals surface area contributed by atoms with Gasteiger partial charge in [0.05, 0.1) is 11.5 Å². The second-order valence-electron chi connectivity index (χ2n) is 4.99. The van der Waals surface area contributed by atoms with E-state index < -0.39 is 23.6 Å². The fraction of sp³-hybridized carbons (Fsp3) is 0.429. The van der Waals surface area contributed by atoms with Crippen LogP contribution < -0.4 is 4.90 Å². The van der Waals surface area contributed by atoms with Gasteiger partial charge in [0.25, 0.3) is 0 Å². The van der Waals surface area contributed by atoms with Gasteiger partial charge in [0, 0.05) is 24.3 Å². The third-order valence-corrected chi connectivity index (χ3v) is 3.67. The molecular weight excluding hydrogens is 287 g/mol. The van der Waals surface area contributed by atoms with E-state index in [-0.39, 0.29) is 11.3 Å². The Kier molecular flexibility index (Phi) is 4.20. The van der Waals surface area contributed by atoms with E-state index in [1.54, 1.807) is 4.90 Å². The van der Waals surface area contributed by atoms with Gasteiger partial charge < -0.3 is 10.0 Å². The normalized spacial score (nSPS) is 16.8. The topological polar surface area (TPSA) is 57.6 Å². The van der Waals surface area contributed by atoms with E-state index >= 15 is 0 Å². The van der Waals surface area contributed by atoms with Crippen molar-refractivity contribution in [3.63, 3.8) is 0 Å². The van der Waals surface area contributed by atoms with Crippen molar-refractivity contribution in [1.82, 2.24) is 0 Å². The summed E-state index contributed by atoms with van der Waals surface area (Å²) >= 11 is 0. The predicted molar refractivity (Wildman–Crippen MR) is 69.4 cm³/mol. The molecule has 4 nitrogen and oxygen atoms in total. The van der Waals surface area contributed by atoms with Gasteiger partial charge >= 0.3 is 12.1 Å². The third-order valence-electron chi connectivity index (χ3n) is 3.67. The molecule has 0 unspecified atom stereocenters. The average Bonchev–Trinajstić information content (AvgIpc) is 2.45. The van der Waals surface area contributed by atoms with E-state index in [0.717, 1.165) is 18.2 Å². The summed E-state index contributed by atoms with van der Waals surface area (Å²) in [6, 6.07) is 2.97. The fourth-order valence-electron chi connectivity index (χ4n) is 2.46. The Labute approximate surface area is 119 Å². The summed E-state index contributed by atoms with van der Waals surface area (Å²) in [5, 5.41) is 8.92. The van der Waals surface area contributed by atoms with Crippen LogP contribution in [-0.2, 0) is 11.0 Å². The van der Waals surface area contributed by atoms with Crippen molar-refractivity contribution in [3.05, 3.63) is 29.3 Å². The van der Waals surface area contributed by atoms with E-state index in [2.05, 4.69) is 0 Å². The van der Waals surface area contributed by atoms with Crippen LogP contribution >= 0.6 is 0 Å². The van der Waals surface area contributed by atoms with Crippen molar-refractivity contribution in [2.45, 2.75) is 19.0 Å². The molecule has 1 aromatic rings. The number of benzene rings is 1. The molecule has 1 aliphatic heterocycles. The number of hydrogen-bond donors (Lipinski definition) is 1. The summed E-state index contributed by atoms with van der Waals surface area (Å²) in [6.07, 6.45) is -3.26. The molecule has 1 fully saturated rings. The number of aliphatic carboxylic acids is 1. The number of rotatable bonds is 3.